The smallest absolute Gasteiger partial charge is 0.237 e. The summed E-state index contributed by atoms with van der Waals surface area (Å²) in [5, 5.41) is 11.1. The van der Waals surface area contributed by atoms with E-state index in [0.717, 1.165) is 0 Å². The van der Waals surface area contributed by atoms with E-state index in [-0.39, 0.29) is 18.6 Å². The lowest BCUT2D eigenvalue weighted by Crippen LogP contribution is -2.45. The summed E-state index contributed by atoms with van der Waals surface area (Å²) in [6, 6.07) is -0.663. The van der Waals surface area contributed by atoms with Crippen molar-refractivity contribution < 1.29 is 9.90 Å². The zero-order chi connectivity index (χ0) is 8.85. The molecule has 0 fully saturated rings. The molecule has 0 unspecified atom stereocenters. The molecular weight excluding hydrogens is 144 g/mol. The first kappa shape index (κ1) is 10.4. The zero-order valence-electron chi connectivity index (χ0n) is 7.00. The minimum absolute atomic E-state index is 0.0534. The fraction of sp³-hybridized carbons (Fsp3) is 0.857. The number of carbonyl (C=O) groups is 1. The molecule has 0 bridgehead atoms. The van der Waals surface area contributed by atoms with Gasteiger partial charge in [0.15, 0.2) is 0 Å². The summed E-state index contributed by atoms with van der Waals surface area (Å²) < 4.78 is 0. The molecule has 66 valence electrons. The Morgan fingerprint density at radius 2 is 2.27 bits per heavy atom. The Morgan fingerprint density at radius 1 is 1.73 bits per heavy atom. The molecule has 1 amide bonds. The van der Waals surface area contributed by atoms with Gasteiger partial charge in [-0.25, -0.2) is 0 Å². The Balaban J connectivity index is 3.68. The van der Waals surface area contributed by atoms with Crippen molar-refractivity contribution in [1.82, 2.24) is 5.32 Å². The average molecular weight is 160 g/mol. The zero-order valence-corrected chi connectivity index (χ0v) is 7.00. The van der Waals surface area contributed by atoms with Crippen molar-refractivity contribution in [2.45, 2.75) is 32.4 Å². The Morgan fingerprint density at radius 3 is 2.64 bits per heavy atom. The van der Waals surface area contributed by atoms with E-state index in [0.29, 0.717) is 6.42 Å². The average Bonchev–Trinajstić information content (AvgIpc) is 2.02. The van der Waals surface area contributed by atoms with E-state index in [2.05, 4.69) is 5.32 Å². The van der Waals surface area contributed by atoms with Crippen LogP contribution in [-0.4, -0.2) is 29.7 Å². The highest BCUT2D eigenvalue weighted by Crippen LogP contribution is 1.87. The monoisotopic (exact) mass is 160 g/mol. The molecule has 0 radical (unpaired) electrons. The van der Waals surface area contributed by atoms with Gasteiger partial charge in [0.1, 0.15) is 0 Å². The van der Waals surface area contributed by atoms with E-state index in [4.69, 9.17) is 10.8 Å². The van der Waals surface area contributed by atoms with E-state index in [1.54, 1.807) is 6.92 Å². The van der Waals surface area contributed by atoms with E-state index in [1.165, 1.54) is 0 Å². The maximum Gasteiger partial charge on any atom is 0.237 e. The molecule has 4 N–H and O–H groups in total. The normalized spacial score (nSPS) is 15.6. The van der Waals surface area contributed by atoms with Crippen LogP contribution in [0.25, 0.3) is 0 Å². The maximum atomic E-state index is 11.0. The van der Waals surface area contributed by atoms with Crippen molar-refractivity contribution in [3.8, 4) is 0 Å². The molecule has 0 saturated heterocycles. The lowest BCUT2D eigenvalue weighted by molar-refractivity contribution is -0.123. The molecule has 2 atom stereocenters. The third-order valence-corrected chi connectivity index (χ3v) is 1.44. The minimum Gasteiger partial charge on any atom is -0.394 e. The first-order valence-electron chi connectivity index (χ1n) is 3.78. The molecule has 0 aromatic carbocycles. The van der Waals surface area contributed by atoms with Crippen LogP contribution >= 0.6 is 0 Å². The van der Waals surface area contributed by atoms with Crippen LogP contribution in [-0.2, 0) is 4.79 Å². The van der Waals surface area contributed by atoms with Crippen molar-refractivity contribution in [2.75, 3.05) is 6.61 Å². The highest BCUT2D eigenvalue weighted by Gasteiger charge is 2.12. The van der Waals surface area contributed by atoms with Crippen LogP contribution in [0.3, 0.4) is 0 Å². The summed E-state index contributed by atoms with van der Waals surface area (Å²) in [6.07, 6.45) is 0.615. The van der Waals surface area contributed by atoms with Gasteiger partial charge in [-0.05, 0) is 13.3 Å². The molecule has 0 aromatic rings. The van der Waals surface area contributed by atoms with E-state index in [9.17, 15) is 4.79 Å². The second-order valence-corrected chi connectivity index (χ2v) is 2.61. The van der Waals surface area contributed by atoms with Gasteiger partial charge in [0.25, 0.3) is 0 Å². The predicted octanol–water partition coefficient (Wildman–Crippen LogP) is -0.779. The predicted molar refractivity (Wildman–Crippen MR) is 43.0 cm³/mol. The topological polar surface area (TPSA) is 75.4 Å². The molecular formula is C7H16N2O2. The van der Waals surface area contributed by atoms with E-state index < -0.39 is 6.04 Å². The molecule has 0 aliphatic rings. The van der Waals surface area contributed by atoms with E-state index >= 15 is 0 Å². The number of hydrogen-bond donors (Lipinski definition) is 3. The fourth-order valence-electron chi connectivity index (χ4n) is 0.581. The molecule has 4 heteroatoms. The van der Waals surface area contributed by atoms with Gasteiger partial charge in [-0.15, -0.1) is 0 Å². The number of aliphatic hydroxyl groups is 1. The summed E-state index contributed by atoms with van der Waals surface area (Å²) in [4.78, 5) is 11.0. The Bertz CT molecular complexity index is 128. The first-order valence-corrected chi connectivity index (χ1v) is 3.78. The van der Waals surface area contributed by atoms with Gasteiger partial charge in [-0.1, -0.05) is 6.92 Å². The van der Waals surface area contributed by atoms with Crippen LogP contribution in [0.15, 0.2) is 0 Å². The Hall–Kier alpha value is -0.610. The van der Waals surface area contributed by atoms with Gasteiger partial charge < -0.3 is 16.2 Å². The van der Waals surface area contributed by atoms with Crippen LogP contribution < -0.4 is 11.1 Å². The molecule has 11 heavy (non-hydrogen) atoms. The number of amides is 1. The highest BCUT2D eigenvalue weighted by molar-refractivity contribution is 5.81. The molecule has 0 saturated carbocycles. The van der Waals surface area contributed by atoms with Crippen molar-refractivity contribution in [1.29, 1.82) is 0 Å². The largest absolute Gasteiger partial charge is 0.394 e. The minimum atomic E-state index is -0.455. The Kier molecular flexibility index (Phi) is 4.81. The lowest BCUT2D eigenvalue weighted by atomic mass is 10.2. The molecule has 0 aliphatic heterocycles. The third kappa shape index (κ3) is 3.95. The van der Waals surface area contributed by atoms with Crippen LogP contribution in [0.2, 0.25) is 0 Å². The number of carbonyl (C=O) groups excluding carboxylic acids is 1. The fourth-order valence-corrected chi connectivity index (χ4v) is 0.581. The van der Waals surface area contributed by atoms with Crippen LogP contribution in [0.1, 0.15) is 20.3 Å². The number of rotatable bonds is 4. The van der Waals surface area contributed by atoms with Gasteiger partial charge in [0.05, 0.1) is 12.6 Å². The standard InChI is InChI=1S/C7H16N2O2/c1-3-6(8)7(11)9-5(2)4-10/h5-6,10H,3-4,8H2,1-2H3,(H,9,11)/t5-,6-/m0/s1. The molecule has 0 rings (SSSR count). The quantitative estimate of drug-likeness (QED) is 0.505. The second-order valence-electron chi connectivity index (χ2n) is 2.61. The summed E-state index contributed by atoms with van der Waals surface area (Å²) in [5.41, 5.74) is 5.43. The molecule has 4 nitrogen and oxygen atoms in total. The SMILES string of the molecule is CC[C@H](N)C(=O)N[C@@H](C)CO. The highest BCUT2D eigenvalue weighted by atomic mass is 16.3. The Labute approximate surface area is 66.8 Å². The molecule has 0 aromatic heterocycles. The first-order chi connectivity index (χ1) is 5.11. The van der Waals surface area contributed by atoms with Gasteiger partial charge in [0, 0.05) is 6.04 Å². The van der Waals surface area contributed by atoms with Crippen molar-refractivity contribution in [3.05, 3.63) is 0 Å². The van der Waals surface area contributed by atoms with Crippen molar-refractivity contribution >= 4 is 5.91 Å². The van der Waals surface area contributed by atoms with Crippen molar-refractivity contribution in [3.63, 3.8) is 0 Å². The van der Waals surface area contributed by atoms with E-state index in [1.807, 2.05) is 6.92 Å². The van der Waals surface area contributed by atoms with Crippen molar-refractivity contribution in [2.24, 2.45) is 5.73 Å². The third-order valence-electron chi connectivity index (χ3n) is 1.44. The number of aliphatic hydroxyl groups excluding tert-OH is 1. The molecule has 0 heterocycles. The number of hydrogen-bond acceptors (Lipinski definition) is 3. The van der Waals surface area contributed by atoms with Crippen LogP contribution in [0, 0.1) is 0 Å². The number of nitrogens with one attached hydrogen (secondary N) is 1. The summed E-state index contributed by atoms with van der Waals surface area (Å²) in [6.45, 7) is 3.51. The molecule has 0 spiro atoms. The maximum absolute atomic E-state index is 11.0. The van der Waals surface area contributed by atoms with Gasteiger partial charge in [-0.3, -0.25) is 4.79 Å². The van der Waals surface area contributed by atoms with Gasteiger partial charge in [0.2, 0.25) is 5.91 Å². The second kappa shape index (κ2) is 5.09. The van der Waals surface area contributed by atoms with Gasteiger partial charge >= 0.3 is 0 Å². The summed E-state index contributed by atoms with van der Waals surface area (Å²) in [7, 11) is 0. The van der Waals surface area contributed by atoms with Gasteiger partial charge in [-0.2, -0.15) is 0 Å². The van der Waals surface area contributed by atoms with Crippen LogP contribution in [0.4, 0.5) is 0 Å². The summed E-state index contributed by atoms with van der Waals surface area (Å²) >= 11 is 0. The van der Waals surface area contributed by atoms with Crippen LogP contribution in [0.5, 0.6) is 0 Å². The molecule has 0 aliphatic carbocycles. The summed E-state index contributed by atoms with van der Waals surface area (Å²) in [5.74, 6) is -0.200. The number of nitrogens with two attached hydrogens (primary N) is 1. The lowest BCUT2D eigenvalue weighted by Gasteiger charge is -2.13.